The third kappa shape index (κ3) is 5.72. The number of pyridine rings is 2. The van der Waals surface area contributed by atoms with Crippen LogP contribution in [0.5, 0.6) is 0 Å². The smallest absolute Gasteiger partial charge is 0.227 e. The lowest BCUT2D eigenvalue weighted by atomic mass is 10.1. The quantitative estimate of drug-likeness (QED) is 0.481. The molecule has 0 saturated carbocycles. The summed E-state index contributed by atoms with van der Waals surface area (Å²) >= 11 is 0. The van der Waals surface area contributed by atoms with Crippen molar-refractivity contribution < 1.29 is 13.9 Å². The molecule has 3 aromatic heterocycles. The number of hydrogen-bond donors (Lipinski definition) is 2. The van der Waals surface area contributed by atoms with E-state index >= 15 is 0 Å². The molecule has 11 heteroatoms. The molecule has 4 heterocycles. The molecule has 1 fully saturated rings. The Bertz CT molecular complexity index is 1160. The molecular formula is C23H25FN8O2. The predicted octanol–water partition coefficient (Wildman–Crippen LogP) is 2.97. The second-order valence-corrected chi connectivity index (χ2v) is 7.52. The summed E-state index contributed by atoms with van der Waals surface area (Å²) in [6, 6.07) is 7.32. The van der Waals surface area contributed by atoms with E-state index in [4.69, 9.17) is 9.47 Å². The molecule has 4 rings (SSSR count). The van der Waals surface area contributed by atoms with Gasteiger partial charge in [0.15, 0.2) is 5.82 Å². The minimum Gasteiger partial charge on any atom is -0.383 e. The standard InChI is InChI=1S/C23H25FN8O2/c1-33-9-5-27-20-12-18(3-4-26-20)30-23-29-15-19(24)21(31-23)17-11-16(13-25)22(28-14-17)32-6-2-8-34-10-7-32/h3-4,11-12,14-15H,2,5-10H2,1H3,(H2,26,27,29,30,31). The van der Waals surface area contributed by atoms with Crippen molar-refractivity contribution in [3.63, 3.8) is 0 Å². The second-order valence-electron chi connectivity index (χ2n) is 7.52. The van der Waals surface area contributed by atoms with Gasteiger partial charge < -0.3 is 25.0 Å². The molecule has 3 aromatic rings. The molecule has 10 nitrogen and oxygen atoms in total. The minimum atomic E-state index is -0.608. The zero-order valence-corrected chi connectivity index (χ0v) is 18.8. The molecule has 0 unspecified atom stereocenters. The van der Waals surface area contributed by atoms with E-state index in [0.29, 0.717) is 61.4 Å². The van der Waals surface area contributed by atoms with E-state index in [0.717, 1.165) is 19.2 Å². The average molecular weight is 465 g/mol. The topological polar surface area (TPSA) is 121 Å². The Balaban J connectivity index is 1.56. The molecule has 0 bridgehead atoms. The van der Waals surface area contributed by atoms with Gasteiger partial charge in [-0.2, -0.15) is 5.26 Å². The van der Waals surface area contributed by atoms with Gasteiger partial charge in [0.1, 0.15) is 23.4 Å². The van der Waals surface area contributed by atoms with Gasteiger partial charge >= 0.3 is 0 Å². The Morgan fingerprint density at radius 3 is 2.97 bits per heavy atom. The summed E-state index contributed by atoms with van der Waals surface area (Å²) < 4.78 is 25.2. The van der Waals surface area contributed by atoms with Gasteiger partial charge in [0.25, 0.3) is 0 Å². The van der Waals surface area contributed by atoms with Crippen molar-refractivity contribution in [1.29, 1.82) is 5.26 Å². The summed E-state index contributed by atoms with van der Waals surface area (Å²) in [4.78, 5) is 19.1. The van der Waals surface area contributed by atoms with Crippen LogP contribution in [0.3, 0.4) is 0 Å². The van der Waals surface area contributed by atoms with Crippen LogP contribution < -0.4 is 15.5 Å². The molecular weight excluding hydrogens is 439 g/mol. The predicted molar refractivity (Wildman–Crippen MR) is 125 cm³/mol. The van der Waals surface area contributed by atoms with Crippen LogP contribution in [0.25, 0.3) is 11.3 Å². The molecule has 0 radical (unpaired) electrons. The van der Waals surface area contributed by atoms with Crippen LogP contribution >= 0.6 is 0 Å². The maximum Gasteiger partial charge on any atom is 0.227 e. The van der Waals surface area contributed by atoms with Gasteiger partial charge in [-0.3, -0.25) is 0 Å². The molecule has 0 amide bonds. The largest absolute Gasteiger partial charge is 0.383 e. The first-order valence-electron chi connectivity index (χ1n) is 10.9. The first-order valence-corrected chi connectivity index (χ1v) is 10.9. The SMILES string of the molecule is COCCNc1cc(Nc2ncc(F)c(-c3cnc(N4CCCOCC4)c(C#N)c3)n2)ccn1. The number of aromatic nitrogens is 4. The highest BCUT2D eigenvalue weighted by molar-refractivity contribution is 5.67. The van der Waals surface area contributed by atoms with Gasteiger partial charge in [-0.15, -0.1) is 0 Å². The Hall–Kier alpha value is -3.88. The Morgan fingerprint density at radius 2 is 2.12 bits per heavy atom. The van der Waals surface area contributed by atoms with Crippen molar-refractivity contribution >= 4 is 23.3 Å². The van der Waals surface area contributed by atoms with Crippen molar-refractivity contribution in [3.05, 3.63) is 48.2 Å². The van der Waals surface area contributed by atoms with Gasteiger partial charge in [0.05, 0.1) is 25.0 Å². The number of nitrogens with one attached hydrogen (secondary N) is 2. The van der Waals surface area contributed by atoms with Crippen LogP contribution in [0.15, 0.2) is 36.8 Å². The summed E-state index contributed by atoms with van der Waals surface area (Å²) in [5.41, 5.74) is 1.49. The fourth-order valence-corrected chi connectivity index (χ4v) is 3.52. The van der Waals surface area contributed by atoms with Crippen LogP contribution in [0.1, 0.15) is 12.0 Å². The zero-order chi connectivity index (χ0) is 23.8. The number of nitrogens with zero attached hydrogens (tertiary/aromatic N) is 6. The molecule has 2 N–H and O–H groups in total. The van der Waals surface area contributed by atoms with E-state index in [-0.39, 0.29) is 11.6 Å². The lowest BCUT2D eigenvalue weighted by Gasteiger charge is -2.22. The van der Waals surface area contributed by atoms with E-state index in [1.807, 2.05) is 4.90 Å². The number of halogens is 1. The van der Waals surface area contributed by atoms with E-state index in [2.05, 4.69) is 36.6 Å². The number of anilines is 4. The normalized spacial score (nSPS) is 13.7. The van der Waals surface area contributed by atoms with Crippen LogP contribution in [0.4, 0.5) is 27.7 Å². The molecule has 1 aliphatic rings. The monoisotopic (exact) mass is 464 g/mol. The number of nitriles is 1. The van der Waals surface area contributed by atoms with Crippen LogP contribution in [0.2, 0.25) is 0 Å². The average Bonchev–Trinajstić information content (AvgIpc) is 3.15. The van der Waals surface area contributed by atoms with Crippen molar-refractivity contribution in [2.45, 2.75) is 6.42 Å². The zero-order valence-electron chi connectivity index (χ0n) is 18.8. The molecule has 1 aliphatic heterocycles. The maximum absolute atomic E-state index is 14.7. The first kappa shape index (κ1) is 23.3. The number of rotatable bonds is 8. The highest BCUT2D eigenvalue weighted by Crippen LogP contribution is 2.27. The van der Waals surface area contributed by atoms with E-state index in [9.17, 15) is 9.65 Å². The van der Waals surface area contributed by atoms with Crippen LogP contribution in [-0.2, 0) is 9.47 Å². The van der Waals surface area contributed by atoms with Crippen molar-refractivity contribution in [2.75, 3.05) is 62.1 Å². The summed E-state index contributed by atoms with van der Waals surface area (Å²) in [5, 5.41) is 15.9. The lowest BCUT2D eigenvalue weighted by molar-refractivity contribution is 0.152. The highest BCUT2D eigenvalue weighted by Gasteiger charge is 2.18. The molecule has 176 valence electrons. The molecule has 1 saturated heterocycles. The first-order chi connectivity index (χ1) is 16.7. The molecule has 34 heavy (non-hydrogen) atoms. The molecule has 0 atom stereocenters. The Labute approximate surface area is 196 Å². The molecule has 0 spiro atoms. The third-order valence-electron chi connectivity index (χ3n) is 5.15. The Kier molecular flexibility index (Phi) is 7.75. The van der Waals surface area contributed by atoms with E-state index in [1.165, 1.54) is 6.20 Å². The van der Waals surface area contributed by atoms with Gasteiger partial charge in [0.2, 0.25) is 5.95 Å². The van der Waals surface area contributed by atoms with Crippen molar-refractivity contribution in [3.8, 4) is 17.3 Å². The number of methoxy groups -OCH3 is 1. The van der Waals surface area contributed by atoms with Crippen LogP contribution in [-0.4, -0.2) is 66.5 Å². The fraction of sp³-hybridized carbons (Fsp3) is 0.348. The summed E-state index contributed by atoms with van der Waals surface area (Å²) in [7, 11) is 1.63. The van der Waals surface area contributed by atoms with Crippen LogP contribution in [0, 0.1) is 17.1 Å². The van der Waals surface area contributed by atoms with Gasteiger partial charge in [-0.1, -0.05) is 0 Å². The van der Waals surface area contributed by atoms with E-state index < -0.39 is 5.82 Å². The highest BCUT2D eigenvalue weighted by atomic mass is 19.1. The van der Waals surface area contributed by atoms with Gasteiger partial charge in [-0.25, -0.2) is 24.3 Å². The minimum absolute atomic E-state index is 0.0553. The molecule has 0 aromatic carbocycles. The van der Waals surface area contributed by atoms with E-state index in [1.54, 1.807) is 31.5 Å². The Morgan fingerprint density at radius 1 is 1.21 bits per heavy atom. The third-order valence-corrected chi connectivity index (χ3v) is 5.15. The van der Waals surface area contributed by atoms with Crippen molar-refractivity contribution in [2.24, 2.45) is 0 Å². The lowest BCUT2D eigenvalue weighted by Crippen LogP contribution is -2.27. The maximum atomic E-state index is 14.7. The van der Waals surface area contributed by atoms with Crippen molar-refractivity contribution in [1.82, 2.24) is 19.9 Å². The fourth-order valence-electron chi connectivity index (χ4n) is 3.52. The number of ether oxygens (including phenoxy) is 2. The second kappa shape index (κ2) is 11.3. The van der Waals surface area contributed by atoms with Gasteiger partial charge in [0, 0.05) is 63.1 Å². The summed E-state index contributed by atoms with van der Waals surface area (Å²) in [5.74, 6) is 0.818. The summed E-state index contributed by atoms with van der Waals surface area (Å²) in [6.07, 6.45) is 5.11. The molecule has 0 aliphatic carbocycles. The summed E-state index contributed by atoms with van der Waals surface area (Å²) in [6.45, 7) is 3.80. The number of hydrogen-bond acceptors (Lipinski definition) is 10. The van der Waals surface area contributed by atoms with Gasteiger partial charge in [-0.05, 0) is 18.6 Å².